The molecule has 0 aromatic heterocycles. The minimum absolute atomic E-state index is 0. The third kappa shape index (κ3) is 6.09. The second kappa shape index (κ2) is 6.33. The van der Waals surface area contributed by atoms with Gasteiger partial charge in [0.15, 0.2) is 0 Å². The Hall–Kier alpha value is 0.210. The standard InChI is InChI=1S/C6H15NO.ClH/c1-5(3-4-8)6(2)7;/h5-6,8H,3-4,7H2,1-2H3;1H/t5-,6+;/m1./s1. The van der Waals surface area contributed by atoms with Crippen LogP contribution in [0.4, 0.5) is 0 Å². The molecule has 0 heterocycles. The Balaban J connectivity index is 0. The van der Waals surface area contributed by atoms with E-state index in [9.17, 15) is 0 Å². The van der Waals surface area contributed by atoms with Crippen LogP contribution in [0.1, 0.15) is 20.3 Å². The summed E-state index contributed by atoms with van der Waals surface area (Å²) in [4.78, 5) is 0. The van der Waals surface area contributed by atoms with Gasteiger partial charge in [0.2, 0.25) is 0 Å². The molecule has 0 aromatic rings. The highest BCUT2D eigenvalue weighted by atomic mass is 35.5. The molecule has 0 radical (unpaired) electrons. The van der Waals surface area contributed by atoms with Gasteiger partial charge in [-0.15, -0.1) is 12.4 Å². The van der Waals surface area contributed by atoms with E-state index < -0.39 is 0 Å². The number of rotatable bonds is 3. The first-order valence-electron chi connectivity index (χ1n) is 3.05. The first-order chi connectivity index (χ1) is 3.68. The van der Waals surface area contributed by atoms with Crippen molar-refractivity contribution in [2.45, 2.75) is 26.3 Å². The van der Waals surface area contributed by atoms with Crippen LogP contribution in [-0.2, 0) is 0 Å². The predicted octanol–water partition coefficient (Wildman–Crippen LogP) is 0.774. The van der Waals surface area contributed by atoms with Gasteiger partial charge in [-0.25, -0.2) is 0 Å². The largest absolute Gasteiger partial charge is 0.396 e. The fourth-order valence-electron chi connectivity index (χ4n) is 0.467. The fourth-order valence-corrected chi connectivity index (χ4v) is 0.467. The second-order valence-electron chi connectivity index (χ2n) is 2.35. The summed E-state index contributed by atoms with van der Waals surface area (Å²) in [5.74, 6) is 0.444. The van der Waals surface area contributed by atoms with Gasteiger partial charge < -0.3 is 10.8 Å². The number of aliphatic hydroxyl groups excluding tert-OH is 1. The van der Waals surface area contributed by atoms with Gasteiger partial charge >= 0.3 is 0 Å². The maximum Gasteiger partial charge on any atom is 0.0434 e. The molecule has 0 rings (SSSR count). The van der Waals surface area contributed by atoms with Crippen LogP contribution in [0.5, 0.6) is 0 Å². The quantitative estimate of drug-likeness (QED) is 0.630. The first kappa shape index (κ1) is 11.9. The smallest absolute Gasteiger partial charge is 0.0434 e. The van der Waals surface area contributed by atoms with E-state index in [1.165, 1.54) is 0 Å². The van der Waals surface area contributed by atoms with Crippen LogP contribution >= 0.6 is 12.4 Å². The summed E-state index contributed by atoms with van der Waals surface area (Å²) in [6.45, 7) is 4.25. The van der Waals surface area contributed by atoms with E-state index in [-0.39, 0.29) is 25.1 Å². The molecular weight excluding hydrogens is 138 g/mol. The molecule has 9 heavy (non-hydrogen) atoms. The van der Waals surface area contributed by atoms with E-state index in [0.29, 0.717) is 5.92 Å². The van der Waals surface area contributed by atoms with Crippen LogP contribution < -0.4 is 5.73 Å². The van der Waals surface area contributed by atoms with Crippen LogP contribution in [0, 0.1) is 5.92 Å². The highest BCUT2D eigenvalue weighted by molar-refractivity contribution is 5.85. The van der Waals surface area contributed by atoms with Gasteiger partial charge in [-0.2, -0.15) is 0 Å². The normalized spacial score (nSPS) is 16.0. The third-order valence-corrected chi connectivity index (χ3v) is 1.48. The van der Waals surface area contributed by atoms with Crippen molar-refractivity contribution in [2.24, 2.45) is 11.7 Å². The number of nitrogens with two attached hydrogens (primary N) is 1. The molecule has 0 saturated heterocycles. The Kier molecular flexibility index (Phi) is 8.40. The van der Waals surface area contributed by atoms with Crippen LogP contribution in [-0.4, -0.2) is 17.8 Å². The zero-order valence-corrected chi connectivity index (χ0v) is 6.82. The van der Waals surface area contributed by atoms with Gasteiger partial charge in [0.1, 0.15) is 0 Å². The molecular formula is C6H16ClNO. The number of hydrogen-bond donors (Lipinski definition) is 2. The van der Waals surface area contributed by atoms with Crippen molar-refractivity contribution in [3.63, 3.8) is 0 Å². The molecule has 0 aromatic carbocycles. The summed E-state index contributed by atoms with van der Waals surface area (Å²) in [6, 6.07) is 0.210. The minimum Gasteiger partial charge on any atom is -0.396 e. The molecule has 3 heteroatoms. The summed E-state index contributed by atoms with van der Waals surface area (Å²) in [7, 11) is 0. The number of aliphatic hydroxyl groups is 1. The molecule has 0 aliphatic carbocycles. The molecule has 0 spiro atoms. The Labute approximate surface area is 62.9 Å². The van der Waals surface area contributed by atoms with Crippen LogP contribution in [0.25, 0.3) is 0 Å². The average molecular weight is 154 g/mol. The summed E-state index contributed by atoms with van der Waals surface area (Å²) in [6.07, 6.45) is 0.817. The maximum absolute atomic E-state index is 8.43. The Morgan fingerprint density at radius 3 is 2.00 bits per heavy atom. The lowest BCUT2D eigenvalue weighted by atomic mass is 10.0. The van der Waals surface area contributed by atoms with E-state index in [1.54, 1.807) is 0 Å². The van der Waals surface area contributed by atoms with Gasteiger partial charge in [0.05, 0.1) is 0 Å². The Morgan fingerprint density at radius 2 is 1.89 bits per heavy atom. The highest BCUT2D eigenvalue weighted by Gasteiger charge is 2.04. The predicted molar refractivity (Wildman–Crippen MR) is 41.8 cm³/mol. The van der Waals surface area contributed by atoms with Crippen molar-refractivity contribution >= 4 is 12.4 Å². The number of halogens is 1. The van der Waals surface area contributed by atoms with E-state index in [0.717, 1.165) is 6.42 Å². The van der Waals surface area contributed by atoms with Crippen molar-refractivity contribution in [2.75, 3.05) is 6.61 Å². The lowest BCUT2D eigenvalue weighted by Crippen LogP contribution is -2.24. The lowest BCUT2D eigenvalue weighted by molar-refractivity contribution is 0.253. The SMILES string of the molecule is C[C@H](N)[C@H](C)CCO.Cl. The maximum atomic E-state index is 8.43. The van der Waals surface area contributed by atoms with Gasteiger partial charge in [-0.3, -0.25) is 0 Å². The monoisotopic (exact) mass is 153 g/mol. The fraction of sp³-hybridized carbons (Fsp3) is 1.00. The molecule has 0 fully saturated rings. The van der Waals surface area contributed by atoms with Gasteiger partial charge in [0.25, 0.3) is 0 Å². The first-order valence-corrected chi connectivity index (χ1v) is 3.05. The molecule has 2 nitrogen and oxygen atoms in total. The minimum atomic E-state index is 0. The Bertz CT molecular complexity index is 59.0. The Morgan fingerprint density at radius 1 is 1.44 bits per heavy atom. The summed E-state index contributed by atoms with van der Waals surface area (Å²) >= 11 is 0. The van der Waals surface area contributed by atoms with Gasteiger partial charge in [0, 0.05) is 12.6 Å². The van der Waals surface area contributed by atoms with E-state index in [2.05, 4.69) is 0 Å². The van der Waals surface area contributed by atoms with Crippen molar-refractivity contribution in [1.82, 2.24) is 0 Å². The average Bonchev–Trinajstić information content (AvgIpc) is 1.67. The molecule has 0 unspecified atom stereocenters. The van der Waals surface area contributed by atoms with E-state index in [1.807, 2.05) is 13.8 Å². The van der Waals surface area contributed by atoms with Crippen LogP contribution in [0.15, 0.2) is 0 Å². The summed E-state index contributed by atoms with van der Waals surface area (Å²) in [5, 5.41) is 8.43. The van der Waals surface area contributed by atoms with Crippen LogP contribution in [0.2, 0.25) is 0 Å². The zero-order valence-electron chi connectivity index (χ0n) is 6.00. The zero-order chi connectivity index (χ0) is 6.57. The van der Waals surface area contributed by atoms with Gasteiger partial charge in [-0.1, -0.05) is 6.92 Å². The molecule has 3 N–H and O–H groups in total. The molecule has 0 bridgehead atoms. The second-order valence-corrected chi connectivity index (χ2v) is 2.35. The summed E-state index contributed by atoms with van der Waals surface area (Å²) < 4.78 is 0. The molecule has 58 valence electrons. The lowest BCUT2D eigenvalue weighted by Gasteiger charge is -2.12. The molecule has 0 aliphatic heterocycles. The van der Waals surface area contributed by atoms with Gasteiger partial charge in [-0.05, 0) is 19.3 Å². The van der Waals surface area contributed by atoms with E-state index >= 15 is 0 Å². The highest BCUT2D eigenvalue weighted by Crippen LogP contribution is 2.03. The molecule has 0 amide bonds. The van der Waals surface area contributed by atoms with Crippen molar-refractivity contribution in [3.8, 4) is 0 Å². The van der Waals surface area contributed by atoms with E-state index in [4.69, 9.17) is 10.8 Å². The molecule has 0 saturated carbocycles. The van der Waals surface area contributed by atoms with Crippen LogP contribution in [0.3, 0.4) is 0 Å². The molecule has 2 atom stereocenters. The number of hydrogen-bond acceptors (Lipinski definition) is 2. The molecule has 0 aliphatic rings. The van der Waals surface area contributed by atoms with Crippen molar-refractivity contribution in [3.05, 3.63) is 0 Å². The third-order valence-electron chi connectivity index (χ3n) is 1.48. The topological polar surface area (TPSA) is 46.2 Å². The van der Waals surface area contributed by atoms with Crippen molar-refractivity contribution in [1.29, 1.82) is 0 Å². The van der Waals surface area contributed by atoms with Crippen molar-refractivity contribution < 1.29 is 5.11 Å². The summed E-state index contributed by atoms with van der Waals surface area (Å²) in [5.41, 5.74) is 5.51.